The summed E-state index contributed by atoms with van der Waals surface area (Å²) in [6.07, 6.45) is 0. The second kappa shape index (κ2) is 6.40. The zero-order valence-electron chi connectivity index (χ0n) is 13.3. The maximum atomic E-state index is 11.5. The molecule has 0 atom stereocenters. The second-order valence-electron chi connectivity index (χ2n) is 5.60. The summed E-state index contributed by atoms with van der Waals surface area (Å²) in [5.41, 5.74) is 8.56. The van der Waals surface area contributed by atoms with Crippen LogP contribution in [0, 0.1) is 0 Å². The summed E-state index contributed by atoms with van der Waals surface area (Å²) in [4.78, 5) is 21.3. The first kappa shape index (κ1) is 16.5. The summed E-state index contributed by atoms with van der Waals surface area (Å²) < 4.78 is 0. The van der Waals surface area contributed by atoms with Crippen molar-refractivity contribution in [1.29, 1.82) is 0 Å². The zero-order valence-corrected chi connectivity index (χ0v) is 14.9. The molecule has 0 aliphatic rings. The molecule has 2 aromatic carbocycles. The number of rotatable bonds is 3. The van der Waals surface area contributed by atoms with Crippen LogP contribution in [0.3, 0.4) is 0 Å². The molecule has 0 fully saturated rings. The number of anilines is 1. The fourth-order valence-corrected chi connectivity index (χ4v) is 3.77. The van der Waals surface area contributed by atoms with Crippen molar-refractivity contribution in [1.82, 2.24) is 9.97 Å². The highest BCUT2D eigenvalue weighted by Crippen LogP contribution is 2.39. The van der Waals surface area contributed by atoms with Gasteiger partial charge < -0.3 is 10.8 Å². The molecule has 2 aromatic heterocycles. The van der Waals surface area contributed by atoms with Gasteiger partial charge >= 0.3 is 5.97 Å². The number of nitrogens with two attached hydrogens (primary N) is 1. The lowest BCUT2D eigenvalue weighted by atomic mass is 10.1. The SMILES string of the molecule is Nc1c(C(=O)O)sc2nc(-c3ccc(Cl)cc3)nc(-c3ccccc3)c12. The fourth-order valence-electron chi connectivity index (χ4n) is 2.71. The zero-order chi connectivity index (χ0) is 18.3. The predicted molar refractivity (Wildman–Crippen MR) is 105 cm³/mol. The second-order valence-corrected chi connectivity index (χ2v) is 7.03. The molecular formula is C19H12ClN3O2S. The van der Waals surface area contributed by atoms with E-state index in [2.05, 4.69) is 9.97 Å². The van der Waals surface area contributed by atoms with Crippen LogP contribution in [-0.4, -0.2) is 21.0 Å². The van der Waals surface area contributed by atoms with Crippen LogP contribution in [0.2, 0.25) is 5.02 Å². The lowest BCUT2D eigenvalue weighted by molar-refractivity contribution is 0.0703. The molecule has 4 rings (SSSR count). The van der Waals surface area contributed by atoms with Gasteiger partial charge in [0.1, 0.15) is 9.71 Å². The molecule has 5 nitrogen and oxygen atoms in total. The number of carboxylic acids is 1. The number of benzene rings is 2. The van der Waals surface area contributed by atoms with Gasteiger partial charge in [-0.2, -0.15) is 0 Å². The smallest absolute Gasteiger partial charge is 0.348 e. The van der Waals surface area contributed by atoms with Crippen LogP contribution in [-0.2, 0) is 0 Å². The van der Waals surface area contributed by atoms with E-state index in [-0.39, 0.29) is 10.6 Å². The molecule has 0 bridgehead atoms. The van der Waals surface area contributed by atoms with Crippen molar-refractivity contribution >= 4 is 44.8 Å². The van der Waals surface area contributed by atoms with E-state index >= 15 is 0 Å². The molecule has 0 unspecified atom stereocenters. The van der Waals surface area contributed by atoms with Crippen molar-refractivity contribution < 1.29 is 9.90 Å². The minimum atomic E-state index is -1.07. The molecule has 0 amide bonds. The Morgan fingerprint density at radius 3 is 2.35 bits per heavy atom. The largest absolute Gasteiger partial charge is 0.477 e. The Kier molecular flexibility index (Phi) is 4.06. The molecule has 0 saturated heterocycles. The van der Waals surface area contributed by atoms with Crippen LogP contribution in [0.4, 0.5) is 5.69 Å². The van der Waals surface area contributed by atoms with E-state index in [0.717, 1.165) is 22.5 Å². The summed E-state index contributed by atoms with van der Waals surface area (Å²) in [5.74, 6) is -0.580. The van der Waals surface area contributed by atoms with Crippen LogP contribution in [0.15, 0.2) is 54.6 Å². The van der Waals surface area contributed by atoms with E-state index in [4.69, 9.17) is 17.3 Å². The fraction of sp³-hybridized carbons (Fsp3) is 0. The van der Waals surface area contributed by atoms with Gasteiger partial charge in [0.15, 0.2) is 5.82 Å². The highest BCUT2D eigenvalue weighted by molar-refractivity contribution is 7.21. The quantitative estimate of drug-likeness (QED) is 0.523. The Morgan fingerprint density at radius 1 is 1.00 bits per heavy atom. The topological polar surface area (TPSA) is 89.1 Å². The highest BCUT2D eigenvalue weighted by atomic mass is 35.5. The number of hydrogen-bond acceptors (Lipinski definition) is 5. The van der Waals surface area contributed by atoms with Crippen molar-refractivity contribution in [2.24, 2.45) is 0 Å². The van der Waals surface area contributed by atoms with E-state index < -0.39 is 5.97 Å². The van der Waals surface area contributed by atoms with Crippen LogP contribution in [0.1, 0.15) is 9.67 Å². The molecular weight excluding hydrogens is 370 g/mol. The number of fused-ring (bicyclic) bond motifs is 1. The monoisotopic (exact) mass is 381 g/mol. The maximum Gasteiger partial charge on any atom is 0.348 e. The van der Waals surface area contributed by atoms with Crippen molar-refractivity contribution in [3.05, 3.63) is 64.5 Å². The summed E-state index contributed by atoms with van der Waals surface area (Å²) in [6.45, 7) is 0. The molecule has 4 aromatic rings. The van der Waals surface area contributed by atoms with Crippen molar-refractivity contribution in [2.75, 3.05) is 5.73 Å². The molecule has 128 valence electrons. The molecule has 0 saturated carbocycles. The van der Waals surface area contributed by atoms with Crippen LogP contribution in [0.5, 0.6) is 0 Å². The van der Waals surface area contributed by atoms with Gasteiger partial charge in [-0.3, -0.25) is 0 Å². The number of thiophene rings is 1. The summed E-state index contributed by atoms with van der Waals surface area (Å²) >= 11 is 7.01. The minimum absolute atomic E-state index is 0.0692. The number of carboxylic acid groups (broad SMARTS) is 1. The molecule has 3 N–H and O–H groups in total. The van der Waals surface area contributed by atoms with Crippen LogP contribution < -0.4 is 5.73 Å². The number of carbonyl (C=O) groups is 1. The normalized spacial score (nSPS) is 11.0. The van der Waals surface area contributed by atoms with Crippen molar-refractivity contribution in [3.63, 3.8) is 0 Å². The molecule has 2 heterocycles. The Balaban J connectivity index is 2.04. The molecule has 0 radical (unpaired) electrons. The van der Waals surface area contributed by atoms with Crippen LogP contribution >= 0.6 is 22.9 Å². The Hall–Kier alpha value is -2.96. The van der Waals surface area contributed by atoms with Gasteiger partial charge in [0.2, 0.25) is 0 Å². The van der Waals surface area contributed by atoms with Crippen molar-refractivity contribution in [3.8, 4) is 22.6 Å². The lowest BCUT2D eigenvalue weighted by Crippen LogP contribution is -1.98. The van der Waals surface area contributed by atoms with Gasteiger partial charge in [0.25, 0.3) is 0 Å². The number of halogens is 1. The van der Waals surface area contributed by atoms with Gasteiger partial charge in [-0.1, -0.05) is 41.9 Å². The predicted octanol–water partition coefficient (Wildman–Crippen LogP) is 4.96. The van der Waals surface area contributed by atoms with E-state index in [1.807, 2.05) is 42.5 Å². The highest BCUT2D eigenvalue weighted by Gasteiger charge is 2.22. The average molecular weight is 382 g/mol. The third kappa shape index (κ3) is 2.79. The lowest BCUT2D eigenvalue weighted by Gasteiger charge is -2.07. The summed E-state index contributed by atoms with van der Waals surface area (Å²) in [6, 6.07) is 16.7. The number of aromatic nitrogens is 2. The minimum Gasteiger partial charge on any atom is -0.477 e. The first-order chi connectivity index (χ1) is 12.5. The third-order valence-corrected chi connectivity index (χ3v) is 5.27. The Morgan fingerprint density at radius 2 is 1.69 bits per heavy atom. The Labute approximate surface area is 157 Å². The Bertz CT molecular complexity index is 1130. The van der Waals surface area contributed by atoms with Gasteiger partial charge in [-0.15, -0.1) is 11.3 Å². The van der Waals surface area contributed by atoms with E-state index in [1.165, 1.54) is 0 Å². The molecule has 0 aliphatic carbocycles. The van der Waals surface area contributed by atoms with E-state index in [0.29, 0.717) is 26.8 Å². The molecule has 0 spiro atoms. The average Bonchev–Trinajstić information content (AvgIpc) is 2.99. The first-order valence-corrected chi connectivity index (χ1v) is 8.88. The maximum absolute atomic E-state index is 11.5. The van der Waals surface area contributed by atoms with Crippen LogP contribution in [0.25, 0.3) is 32.9 Å². The molecule has 26 heavy (non-hydrogen) atoms. The van der Waals surface area contributed by atoms with Gasteiger partial charge in [-0.25, -0.2) is 14.8 Å². The number of nitrogens with zero attached hydrogens (tertiary/aromatic N) is 2. The summed E-state index contributed by atoms with van der Waals surface area (Å²) in [5, 5.41) is 10.6. The molecule has 0 aliphatic heterocycles. The standard InChI is InChI=1S/C19H12ClN3O2S/c20-12-8-6-11(7-9-12)17-22-15(10-4-2-1-3-5-10)13-14(21)16(19(24)25)26-18(13)23-17/h1-9H,21H2,(H,24,25). The number of nitrogen functional groups attached to an aromatic ring is 1. The van der Waals surface area contributed by atoms with E-state index in [1.54, 1.807) is 12.1 Å². The van der Waals surface area contributed by atoms with Crippen molar-refractivity contribution in [2.45, 2.75) is 0 Å². The number of aromatic carboxylic acids is 1. The summed E-state index contributed by atoms with van der Waals surface area (Å²) in [7, 11) is 0. The van der Waals surface area contributed by atoms with Gasteiger partial charge in [0, 0.05) is 16.1 Å². The first-order valence-electron chi connectivity index (χ1n) is 7.69. The van der Waals surface area contributed by atoms with Gasteiger partial charge in [0.05, 0.1) is 16.8 Å². The number of hydrogen-bond donors (Lipinski definition) is 2. The van der Waals surface area contributed by atoms with E-state index in [9.17, 15) is 9.90 Å². The third-order valence-electron chi connectivity index (χ3n) is 3.93. The van der Waals surface area contributed by atoms with Gasteiger partial charge in [-0.05, 0) is 24.3 Å². The molecule has 7 heteroatoms.